The molecule has 0 saturated heterocycles. The van der Waals surface area contributed by atoms with E-state index < -0.39 is 0 Å². The lowest BCUT2D eigenvalue weighted by molar-refractivity contribution is 0.340. The maximum Gasteiger partial charge on any atom is 0.119 e. The molecule has 0 aliphatic heterocycles. The van der Waals surface area contributed by atoms with Crippen LogP contribution >= 0.6 is 0 Å². The third kappa shape index (κ3) is 2.67. The van der Waals surface area contributed by atoms with E-state index in [0.717, 1.165) is 25.1 Å². The molecule has 0 heterocycles. The summed E-state index contributed by atoms with van der Waals surface area (Å²) in [5.74, 6) is 0.925. The minimum Gasteiger partial charge on any atom is -0.494 e. The quantitative estimate of drug-likeness (QED) is 0.825. The molecule has 3 nitrogen and oxygen atoms in total. The van der Waals surface area contributed by atoms with Gasteiger partial charge in [-0.3, -0.25) is 0 Å². The van der Waals surface area contributed by atoms with Crippen molar-refractivity contribution in [1.29, 1.82) is 0 Å². The second kappa shape index (κ2) is 4.34. The first kappa shape index (κ1) is 11.3. The normalized spacial score (nSPS) is 16.9. The van der Waals surface area contributed by atoms with Crippen LogP contribution < -0.4 is 15.4 Å². The molecule has 3 heteroatoms. The Morgan fingerprint density at radius 3 is 2.44 bits per heavy atom. The van der Waals surface area contributed by atoms with Crippen LogP contribution in [0.1, 0.15) is 19.8 Å². The minimum atomic E-state index is 0.0628. The van der Waals surface area contributed by atoms with Crippen molar-refractivity contribution in [3.63, 3.8) is 0 Å². The van der Waals surface area contributed by atoms with Crippen LogP contribution in [0.25, 0.3) is 0 Å². The van der Waals surface area contributed by atoms with E-state index in [-0.39, 0.29) is 5.54 Å². The maximum absolute atomic E-state index is 6.10. The van der Waals surface area contributed by atoms with Gasteiger partial charge in [0.2, 0.25) is 0 Å². The molecule has 1 fully saturated rings. The van der Waals surface area contributed by atoms with Gasteiger partial charge in [-0.05, 0) is 44.0 Å². The molecule has 0 atom stereocenters. The first-order valence-electron chi connectivity index (χ1n) is 5.86. The van der Waals surface area contributed by atoms with E-state index >= 15 is 0 Å². The first-order valence-corrected chi connectivity index (χ1v) is 5.86. The Balaban J connectivity index is 1.97. The summed E-state index contributed by atoms with van der Waals surface area (Å²) in [4.78, 5) is 2.21. The molecule has 2 rings (SSSR count). The van der Waals surface area contributed by atoms with Gasteiger partial charge in [0.15, 0.2) is 0 Å². The van der Waals surface area contributed by atoms with Gasteiger partial charge in [-0.25, -0.2) is 0 Å². The number of rotatable bonds is 5. The van der Waals surface area contributed by atoms with E-state index in [0.29, 0.717) is 6.61 Å². The number of nitrogens with zero attached hydrogens (tertiary/aromatic N) is 1. The molecular weight excluding hydrogens is 200 g/mol. The van der Waals surface area contributed by atoms with Crippen LogP contribution in [0.15, 0.2) is 24.3 Å². The molecule has 0 amide bonds. The lowest BCUT2D eigenvalue weighted by Gasteiger charge is -2.23. The monoisotopic (exact) mass is 220 g/mol. The SMILES string of the molecule is CCOc1ccc(N(C)CC2(N)CC2)cc1. The Kier molecular flexibility index (Phi) is 3.06. The number of likely N-dealkylation sites (N-methyl/N-ethyl adjacent to an activating group) is 1. The summed E-state index contributed by atoms with van der Waals surface area (Å²) in [6.45, 7) is 3.63. The highest BCUT2D eigenvalue weighted by Crippen LogP contribution is 2.33. The van der Waals surface area contributed by atoms with Crippen LogP contribution in [0.5, 0.6) is 5.75 Å². The molecule has 1 aromatic rings. The predicted molar refractivity (Wildman–Crippen MR) is 67.0 cm³/mol. The summed E-state index contributed by atoms with van der Waals surface area (Å²) in [6.07, 6.45) is 2.29. The molecule has 88 valence electrons. The van der Waals surface area contributed by atoms with Crippen molar-refractivity contribution in [1.82, 2.24) is 0 Å². The van der Waals surface area contributed by atoms with E-state index in [9.17, 15) is 0 Å². The van der Waals surface area contributed by atoms with E-state index in [1.54, 1.807) is 0 Å². The second-order valence-electron chi connectivity index (χ2n) is 4.65. The van der Waals surface area contributed by atoms with Crippen molar-refractivity contribution < 1.29 is 4.74 Å². The van der Waals surface area contributed by atoms with E-state index in [1.807, 2.05) is 19.1 Å². The second-order valence-corrected chi connectivity index (χ2v) is 4.65. The van der Waals surface area contributed by atoms with Crippen LogP contribution in [0, 0.1) is 0 Å². The molecule has 0 spiro atoms. The summed E-state index contributed by atoms with van der Waals surface area (Å²) in [7, 11) is 2.09. The first-order chi connectivity index (χ1) is 7.63. The standard InChI is InChI=1S/C13H20N2O/c1-3-16-12-6-4-11(5-7-12)15(2)10-13(14)8-9-13/h4-7H,3,8-10,14H2,1-2H3. The molecule has 1 saturated carbocycles. The van der Waals surface area contributed by atoms with Gasteiger partial charge in [-0.1, -0.05) is 0 Å². The number of hydrogen-bond donors (Lipinski definition) is 1. The zero-order valence-corrected chi connectivity index (χ0v) is 10.1. The fourth-order valence-electron chi connectivity index (χ4n) is 1.85. The van der Waals surface area contributed by atoms with Crippen LogP contribution in [-0.4, -0.2) is 25.7 Å². The third-order valence-corrected chi connectivity index (χ3v) is 3.03. The van der Waals surface area contributed by atoms with Crippen LogP contribution in [0.2, 0.25) is 0 Å². The van der Waals surface area contributed by atoms with Crippen molar-refractivity contribution in [2.24, 2.45) is 5.73 Å². The van der Waals surface area contributed by atoms with Crippen LogP contribution in [0.3, 0.4) is 0 Å². The highest BCUT2D eigenvalue weighted by molar-refractivity contribution is 5.49. The molecule has 0 aromatic heterocycles. The largest absolute Gasteiger partial charge is 0.494 e. The van der Waals surface area contributed by atoms with Gasteiger partial charge in [-0.15, -0.1) is 0 Å². The molecule has 1 aliphatic rings. The Morgan fingerprint density at radius 1 is 1.31 bits per heavy atom. The maximum atomic E-state index is 6.10. The molecule has 16 heavy (non-hydrogen) atoms. The van der Waals surface area contributed by atoms with Crippen molar-refractivity contribution in [3.8, 4) is 5.75 Å². The molecule has 1 aromatic carbocycles. The van der Waals surface area contributed by atoms with Crippen molar-refractivity contribution in [2.45, 2.75) is 25.3 Å². The Hall–Kier alpha value is -1.22. The van der Waals surface area contributed by atoms with Gasteiger partial charge in [0.1, 0.15) is 5.75 Å². The molecule has 1 aliphatic carbocycles. The van der Waals surface area contributed by atoms with E-state index in [4.69, 9.17) is 10.5 Å². The smallest absolute Gasteiger partial charge is 0.119 e. The van der Waals surface area contributed by atoms with Gasteiger partial charge in [0, 0.05) is 24.8 Å². The fraction of sp³-hybridized carbons (Fsp3) is 0.538. The van der Waals surface area contributed by atoms with Crippen LogP contribution in [-0.2, 0) is 0 Å². The average molecular weight is 220 g/mol. The molecule has 0 unspecified atom stereocenters. The third-order valence-electron chi connectivity index (χ3n) is 3.03. The van der Waals surface area contributed by atoms with Crippen LogP contribution in [0.4, 0.5) is 5.69 Å². The van der Waals surface area contributed by atoms with Crippen molar-refractivity contribution in [2.75, 3.05) is 25.1 Å². The summed E-state index contributed by atoms with van der Waals surface area (Å²) in [6, 6.07) is 8.17. The summed E-state index contributed by atoms with van der Waals surface area (Å²) in [5, 5.41) is 0. The molecule has 0 radical (unpaired) electrons. The number of hydrogen-bond acceptors (Lipinski definition) is 3. The lowest BCUT2D eigenvalue weighted by atomic mass is 10.2. The minimum absolute atomic E-state index is 0.0628. The average Bonchev–Trinajstić information content (AvgIpc) is 2.97. The van der Waals surface area contributed by atoms with Gasteiger partial charge in [0.25, 0.3) is 0 Å². The summed E-state index contributed by atoms with van der Waals surface area (Å²) in [5.41, 5.74) is 7.35. The van der Waals surface area contributed by atoms with Gasteiger partial charge >= 0.3 is 0 Å². The highest BCUT2D eigenvalue weighted by atomic mass is 16.5. The van der Waals surface area contributed by atoms with Gasteiger partial charge < -0.3 is 15.4 Å². The summed E-state index contributed by atoms with van der Waals surface area (Å²) < 4.78 is 5.41. The molecule has 2 N–H and O–H groups in total. The van der Waals surface area contributed by atoms with E-state index in [1.165, 1.54) is 5.69 Å². The number of ether oxygens (including phenoxy) is 1. The van der Waals surface area contributed by atoms with Gasteiger partial charge in [0.05, 0.1) is 6.61 Å². The molecule has 0 bridgehead atoms. The predicted octanol–water partition coefficient (Wildman–Crippen LogP) is 2.01. The number of anilines is 1. The number of nitrogens with two attached hydrogens (primary N) is 1. The summed E-state index contributed by atoms with van der Waals surface area (Å²) >= 11 is 0. The number of benzene rings is 1. The fourth-order valence-corrected chi connectivity index (χ4v) is 1.85. The topological polar surface area (TPSA) is 38.5 Å². The van der Waals surface area contributed by atoms with Crippen molar-refractivity contribution >= 4 is 5.69 Å². The zero-order valence-electron chi connectivity index (χ0n) is 10.1. The highest BCUT2D eigenvalue weighted by Gasteiger charge is 2.39. The zero-order chi connectivity index (χ0) is 11.6. The van der Waals surface area contributed by atoms with E-state index in [2.05, 4.69) is 24.1 Å². The van der Waals surface area contributed by atoms with Crippen molar-refractivity contribution in [3.05, 3.63) is 24.3 Å². The lowest BCUT2D eigenvalue weighted by Crippen LogP contribution is -2.37. The Morgan fingerprint density at radius 2 is 1.94 bits per heavy atom. The Labute approximate surface area is 97.2 Å². The molecular formula is C13H20N2O. The Bertz CT molecular complexity index is 343. The van der Waals surface area contributed by atoms with Gasteiger partial charge in [-0.2, -0.15) is 0 Å².